The Labute approximate surface area is 167 Å². The van der Waals surface area contributed by atoms with Crippen molar-refractivity contribution in [2.45, 2.75) is 66.2 Å². The second kappa shape index (κ2) is 7.86. The van der Waals surface area contributed by atoms with E-state index >= 15 is 0 Å². The molecule has 2 aromatic rings. The van der Waals surface area contributed by atoms with Crippen molar-refractivity contribution in [1.29, 1.82) is 0 Å². The van der Waals surface area contributed by atoms with Crippen molar-refractivity contribution in [2.24, 2.45) is 0 Å². The molecule has 154 valence electrons. The van der Waals surface area contributed by atoms with Gasteiger partial charge in [0.1, 0.15) is 11.5 Å². The summed E-state index contributed by atoms with van der Waals surface area (Å²) in [6, 6.07) is 3.78. The fourth-order valence-corrected chi connectivity index (χ4v) is 2.67. The first kappa shape index (κ1) is 21.8. The lowest BCUT2D eigenvalue weighted by Crippen LogP contribution is -2.34. The minimum atomic E-state index is -0.286. The van der Waals surface area contributed by atoms with Gasteiger partial charge in [-0.05, 0) is 26.0 Å². The third-order valence-corrected chi connectivity index (χ3v) is 4.42. The van der Waals surface area contributed by atoms with Gasteiger partial charge >= 0.3 is 0 Å². The van der Waals surface area contributed by atoms with Crippen LogP contribution in [0.25, 0.3) is 0 Å². The van der Waals surface area contributed by atoms with E-state index in [0.717, 1.165) is 22.6 Å². The summed E-state index contributed by atoms with van der Waals surface area (Å²) in [5.41, 5.74) is 1.27. The number of hydrogen-bond donors (Lipinski definition) is 2. The summed E-state index contributed by atoms with van der Waals surface area (Å²) >= 11 is 0. The Morgan fingerprint density at radius 2 is 1.07 bits per heavy atom. The van der Waals surface area contributed by atoms with Gasteiger partial charge in [0.25, 0.3) is 11.8 Å². The fourth-order valence-electron chi connectivity index (χ4n) is 2.67. The highest BCUT2D eigenvalue weighted by Gasteiger charge is 2.24. The maximum Gasteiger partial charge on any atom is 0.287 e. The number of hydrogen-bond acceptors (Lipinski definition) is 4. The number of amides is 2. The Bertz CT molecular complexity index is 788. The molecule has 0 saturated carbocycles. The minimum absolute atomic E-state index is 0.163. The number of aryl methyl sites for hydroxylation is 2. The van der Waals surface area contributed by atoms with Crippen molar-refractivity contribution in [3.05, 3.63) is 46.3 Å². The van der Waals surface area contributed by atoms with Crippen molar-refractivity contribution in [3.8, 4) is 0 Å². The summed E-state index contributed by atoms with van der Waals surface area (Å²) in [7, 11) is 0. The molecule has 0 spiro atoms. The zero-order valence-corrected chi connectivity index (χ0v) is 18.2. The van der Waals surface area contributed by atoms with Crippen molar-refractivity contribution in [2.75, 3.05) is 13.1 Å². The van der Waals surface area contributed by atoms with Crippen LogP contribution in [-0.2, 0) is 10.8 Å². The van der Waals surface area contributed by atoms with E-state index in [1.807, 2.05) is 67.5 Å². The Balaban J connectivity index is 1.89. The van der Waals surface area contributed by atoms with E-state index in [1.54, 1.807) is 0 Å². The number of carbonyl (C=O) groups is 2. The van der Waals surface area contributed by atoms with E-state index < -0.39 is 0 Å². The maximum atomic E-state index is 12.4. The predicted molar refractivity (Wildman–Crippen MR) is 109 cm³/mol. The molecular weight excluding hydrogens is 356 g/mol. The Hall–Kier alpha value is -2.50. The van der Waals surface area contributed by atoms with Crippen LogP contribution in [0, 0.1) is 13.8 Å². The molecular formula is C22H32N2O4. The van der Waals surface area contributed by atoms with Gasteiger partial charge in [0.2, 0.25) is 0 Å². The van der Waals surface area contributed by atoms with Gasteiger partial charge in [0.15, 0.2) is 11.5 Å². The van der Waals surface area contributed by atoms with Gasteiger partial charge in [-0.3, -0.25) is 9.59 Å². The summed E-state index contributed by atoms with van der Waals surface area (Å²) < 4.78 is 11.4. The monoisotopic (exact) mass is 388 g/mol. The largest absolute Gasteiger partial charge is 0.455 e. The lowest BCUT2D eigenvalue weighted by atomic mass is 9.93. The first-order valence-corrected chi connectivity index (χ1v) is 9.59. The average molecular weight is 389 g/mol. The molecule has 0 radical (unpaired) electrons. The summed E-state index contributed by atoms with van der Waals surface area (Å²) in [4.78, 5) is 24.7. The molecule has 2 amide bonds. The molecule has 0 bridgehead atoms. The lowest BCUT2D eigenvalue weighted by Gasteiger charge is -2.14. The van der Waals surface area contributed by atoms with Gasteiger partial charge in [-0.25, -0.2) is 0 Å². The minimum Gasteiger partial charge on any atom is -0.455 e. The molecule has 6 nitrogen and oxygen atoms in total. The molecule has 2 N–H and O–H groups in total. The summed E-state index contributed by atoms with van der Waals surface area (Å²) in [6.07, 6.45) is 0. The molecule has 0 aliphatic rings. The van der Waals surface area contributed by atoms with E-state index in [1.165, 1.54) is 0 Å². The van der Waals surface area contributed by atoms with Gasteiger partial charge in [0.05, 0.1) is 0 Å². The summed E-state index contributed by atoms with van der Waals surface area (Å²) in [6.45, 7) is 16.5. The van der Waals surface area contributed by atoms with Crippen LogP contribution in [0.5, 0.6) is 0 Å². The molecule has 0 atom stereocenters. The normalized spacial score (nSPS) is 12.1. The van der Waals surface area contributed by atoms with Crippen LogP contribution in [0.1, 0.15) is 85.3 Å². The highest BCUT2D eigenvalue weighted by Crippen LogP contribution is 2.27. The molecule has 0 aromatic carbocycles. The van der Waals surface area contributed by atoms with Crippen LogP contribution in [0.4, 0.5) is 0 Å². The number of nitrogens with one attached hydrogen (secondary N) is 2. The molecule has 0 aliphatic heterocycles. The fraction of sp³-hybridized carbons (Fsp3) is 0.545. The van der Waals surface area contributed by atoms with Crippen LogP contribution in [0.15, 0.2) is 21.0 Å². The molecule has 0 aliphatic carbocycles. The van der Waals surface area contributed by atoms with E-state index in [-0.39, 0.29) is 22.6 Å². The number of furan rings is 2. The van der Waals surface area contributed by atoms with Crippen LogP contribution >= 0.6 is 0 Å². The van der Waals surface area contributed by atoms with Gasteiger partial charge in [-0.2, -0.15) is 0 Å². The second-order valence-electron chi connectivity index (χ2n) is 9.26. The second-order valence-corrected chi connectivity index (χ2v) is 9.26. The van der Waals surface area contributed by atoms with Gasteiger partial charge < -0.3 is 19.5 Å². The topological polar surface area (TPSA) is 84.5 Å². The molecule has 0 saturated heterocycles. The van der Waals surface area contributed by atoms with Crippen LogP contribution in [0.2, 0.25) is 0 Å². The lowest BCUT2D eigenvalue weighted by molar-refractivity contribution is 0.0896. The smallest absolute Gasteiger partial charge is 0.287 e. The van der Waals surface area contributed by atoms with E-state index in [2.05, 4.69) is 10.6 Å². The van der Waals surface area contributed by atoms with Crippen molar-refractivity contribution in [1.82, 2.24) is 10.6 Å². The van der Waals surface area contributed by atoms with Crippen molar-refractivity contribution in [3.63, 3.8) is 0 Å². The molecule has 0 unspecified atom stereocenters. The van der Waals surface area contributed by atoms with E-state index in [0.29, 0.717) is 24.6 Å². The number of carbonyl (C=O) groups excluding carboxylic acids is 2. The molecule has 2 rings (SSSR count). The highest BCUT2D eigenvalue weighted by molar-refractivity contribution is 5.94. The quantitative estimate of drug-likeness (QED) is 0.750. The third-order valence-electron chi connectivity index (χ3n) is 4.42. The van der Waals surface area contributed by atoms with Crippen molar-refractivity contribution < 1.29 is 18.4 Å². The Morgan fingerprint density at radius 3 is 1.32 bits per heavy atom. The molecule has 28 heavy (non-hydrogen) atoms. The molecule has 2 aromatic heterocycles. The predicted octanol–water partition coefficient (Wildman–Crippen LogP) is 4.24. The van der Waals surface area contributed by atoms with Crippen LogP contribution < -0.4 is 10.6 Å². The molecule has 6 heteroatoms. The first-order chi connectivity index (χ1) is 12.8. The van der Waals surface area contributed by atoms with Gasteiger partial charge in [-0.15, -0.1) is 0 Å². The SMILES string of the molecule is Cc1cc(C(C)(C)C)oc1C(=O)NCCNC(=O)c1oc(C(C)(C)C)cc1C. The van der Waals surface area contributed by atoms with Crippen molar-refractivity contribution >= 4 is 11.8 Å². The first-order valence-electron chi connectivity index (χ1n) is 9.59. The average Bonchev–Trinajstić information content (AvgIpc) is 3.13. The van der Waals surface area contributed by atoms with Crippen LogP contribution in [-0.4, -0.2) is 24.9 Å². The Morgan fingerprint density at radius 1 is 0.750 bits per heavy atom. The summed E-state index contributed by atoms with van der Waals surface area (Å²) in [5.74, 6) is 1.59. The standard InChI is InChI=1S/C22H32N2O4/c1-13-11-15(21(3,4)5)27-17(13)19(25)23-9-10-24-20(26)18-14(2)12-16(28-18)22(6,7)8/h11-12H,9-10H2,1-8H3,(H,23,25)(H,24,26). The summed E-state index contributed by atoms with van der Waals surface area (Å²) in [5, 5.41) is 5.55. The number of rotatable bonds is 5. The Kier molecular flexibility index (Phi) is 6.12. The third kappa shape index (κ3) is 5.06. The zero-order valence-electron chi connectivity index (χ0n) is 18.2. The maximum absolute atomic E-state index is 12.4. The molecule has 2 heterocycles. The highest BCUT2D eigenvalue weighted by atomic mass is 16.4. The van der Waals surface area contributed by atoms with Gasteiger partial charge in [-0.1, -0.05) is 41.5 Å². The van der Waals surface area contributed by atoms with Crippen LogP contribution in [0.3, 0.4) is 0 Å². The van der Waals surface area contributed by atoms with Gasteiger partial charge in [0, 0.05) is 35.0 Å². The van der Waals surface area contributed by atoms with E-state index in [4.69, 9.17) is 8.83 Å². The zero-order chi connectivity index (χ0) is 21.3. The molecule has 0 fully saturated rings. The van der Waals surface area contributed by atoms with E-state index in [9.17, 15) is 9.59 Å².